The molecule has 0 aromatic carbocycles. The lowest BCUT2D eigenvalue weighted by atomic mass is 10.2. The van der Waals surface area contributed by atoms with Crippen molar-refractivity contribution in [2.75, 3.05) is 17.7 Å². The third-order valence-corrected chi connectivity index (χ3v) is 3.88. The molecule has 20 heavy (non-hydrogen) atoms. The molecule has 0 saturated heterocycles. The zero-order valence-electron chi connectivity index (χ0n) is 12.3. The van der Waals surface area contributed by atoms with Gasteiger partial charge in [0.05, 0.1) is 0 Å². The summed E-state index contributed by atoms with van der Waals surface area (Å²) >= 11 is 1.80. The van der Waals surface area contributed by atoms with E-state index in [1.165, 1.54) is 4.88 Å². The molecule has 0 amide bonds. The summed E-state index contributed by atoms with van der Waals surface area (Å²) in [7, 11) is 1.89. The van der Waals surface area contributed by atoms with E-state index < -0.39 is 0 Å². The monoisotopic (exact) mass is 290 g/mol. The van der Waals surface area contributed by atoms with Crippen LogP contribution in [0, 0.1) is 0 Å². The van der Waals surface area contributed by atoms with Crippen LogP contribution in [0.1, 0.15) is 31.0 Å². The SMILES string of the molecule is CCCc1nc(NC)cc(NC(C)Cc2cccs2)n1. The van der Waals surface area contributed by atoms with Gasteiger partial charge < -0.3 is 10.6 Å². The summed E-state index contributed by atoms with van der Waals surface area (Å²) < 4.78 is 0. The van der Waals surface area contributed by atoms with Crippen LogP contribution in [0.2, 0.25) is 0 Å². The first-order valence-electron chi connectivity index (χ1n) is 7.06. The summed E-state index contributed by atoms with van der Waals surface area (Å²) in [6.45, 7) is 4.32. The van der Waals surface area contributed by atoms with E-state index >= 15 is 0 Å². The van der Waals surface area contributed by atoms with Crippen molar-refractivity contribution in [3.8, 4) is 0 Å². The van der Waals surface area contributed by atoms with Crippen LogP contribution >= 0.6 is 11.3 Å². The van der Waals surface area contributed by atoms with Crippen LogP contribution in [0.3, 0.4) is 0 Å². The van der Waals surface area contributed by atoms with Gasteiger partial charge in [-0.05, 0) is 24.8 Å². The number of rotatable bonds is 7. The smallest absolute Gasteiger partial charge is 0.133 e. The number of nitrogens with one attached hydrogen (secondary N) is 2. The van der Waals surface area contributed by atoms with Gasteiger partial charge >= 0.3 is 0 Å². The Morgan fingerprint density at radius 3 is 2.75 bits per heavy atom. The van der Waals surface area contributed by atoms with Gasteiger partial charge in [0, 0.05) is 36.9 Å². The third-order valence-electron chi connectivity index (χ3n) is 2.98. The fourth-order valence-corrected chi connectivity index (χ4v) is 2.90. The zero-order chi connectivity index (χ0) is 14.4. The average molecular weight is 290 g/mol. The molecular weight excluding hydrogens is 268 g/mol. The highest BCUT2D eigenvalue weighted by atomic mass is 32.1. The quantitative estimate of drug-likeness (QED) is 0.818. The van der Waals surface area contributed by atoms with Gasteiger partial charge in [-0.15, -0.1) is 11.3 Å². The number of hydrogen-bond donors (Lipinski definition) is 2. The van der Waals surface area contributed by atoms with Crippen LogP contribution in [-0.4, -0.2) is 23.1 Å². The van der Waals surface area contributed by atoms with Gasteiger partial charge in [0.1, 0.15) is 17.5 Å². The normalized spacial score (nSPS) is 12.2. The summed E-state index contributed by atoms with van der Waals surface area (Å²) in [4.78, 5) is 10.4. The standard InChI is InChI=1S/C15H22N4S/c1-4-6-13-18-14(16-3)10-15(19-13)17-11(2)9-12-7-5-8-20-12/h5,7-8,10-11H,4,6,9H2,1-3H3,(H2,16,17,18,19). The van der Waals surface area contributed by atoms with Crippen molar-refractivity contribution in [2.45, 2.75) is 39.2 Å². The summed E-state index contributed by atoms with van der Waals surface area (Å²) in [5, 5.41) is 8.68. The molecule has 0 fully saturated rings. The number of anilines is 2. The van der Waals surface area contributed by atoms with Gasteiger partial charge in [-0.25, -0.2) is 9.97 Å². The van der Waals surface area contributed by atoms with Crippen LogP contribution in [0.5, 0.6) is 0 Å². The van der Waals surface area contributed by atoms with Crippen LogP contribution in [0.25, 0.3) is 0 Å². The zero-order valence-corrected chi connectivity index (χ0v) is 13.1. The predicted molar refractivity (Wildman–Crippen MR) is 86.7 cm³/mol. The first-order valence-corrected chi connectivity index (χ1v) is 7.94. The van der Waals surface area contributed by atoms with E-state index in [0.29, 0.717) is 6.04 Å². The Bertz CT molecular complexity index is 525. The minimum Gasteiger partial charge on any atom is -0.373 e. The van der Waals surface area contributed by atoms with E-state index in [1.807, 2.05) is 13.1 Å². The highest BCUT2D eigenvalue weighted by molar-refractivity contribution is 7.09. The summed E-state index contributed by atoms with van der Waals surface area (Å²) in [6, 6.07) is 6.58. The first kappa shape index (κ1) is 14.8. The molecule has 0 aliphatic carbocycles. The van der Waals surface area contributed by atoms with Crippen molar-refractivity contribution >= 4 is 23.0 Å². The largest absolute Gasteiger partial charge is 0.373 e. The van der Waals surface area contributed by atoms with Gasteiger partial charge in [0.2, 0.25) is 0 Å². The van der Waals surface area contributed by atoms with Gasteiger partial charge in [0.25, 0.3) is 0 Å². The Morgan fingerprint density at radius 2 is 2.10 bits per heavy atom. The Labute approximate surface area is 124 Å². The molecule has 1 unspecified atom stereocenters. The van der Waals surface area contributed by atoms with E-state index in [-0.39, 0.29) is 0 Å². The second kappa shape index (κ2) is 7.24. The number of aromatic nitrogens is 2. The Kier molecular flexibility index (Phi) is 5.35. The van der Waals surface area contributed by atoms with E-state index in [1.54, 1.807) is 11.3 Å². The molecule has 0 saturated carbocycles. The molecule has 2 heterocycles. The molecule has 2 N–H and O–H groups in total. The lowest BCUT2D eigenvalue weighted by Crippen LogP contribution is -2.19. The third kappa shape index (κ3) is 4.20. The number of aryl methyl sites for hydroxylation is 1. The predicted octanol–water partition coefficient (Wildman–Crippen LogP) is 3.58. The molecule has 0 radical (unpaired) electrons. The molecular formula is C15H22N4S. The van der Waals surface area contributed by atoms with Crippen molar-refractivity contribution in [1.82, 2.24) is 9.97 Å². The van der Waals surface area contributed by atoms with Crippen LogP contribution in [0.4, 0.5) is 11.6 Å². The second-order valence-corrected chi connectivity index (χ2v) is 5.92. The average Bonchev–Trinajstić information content (AvgIpc) is 2.91. The van der Waals surface area contributed by atoms with Crippen molar-refractivity contribution in [3.63, 3.8) is 0 Å². The molecule has 0 bridgehead atoms. The van der Waals surface area contributed by atoms with E-state index in [2.05, 4.69) is 52.0 Å². The maximum Gasteiger partial charge on any atom is 0.133 e. The van der Waals surface area contributed by atoms with E-state index in [4.69, 9.17) is 0 Å². The highest BCUT2D eigenvalue weighted by Gasteiger charge is 2.08. The summed E-state index contributed by atoms with van der Waals surface area (Å²) in [5.74, 6) is 2.66. The Morgan fingerprint density at radius 1 is 1.30 bits per heavy atom. The van der Waals surface area contributed by atoms with Crippen LogP contribution in [0.15, 0.2) is 23.6 Å². The Hall–Kier alpha value is -1.62. The molecule has 2 rings (SSSR count). The molecule has 108 valence electrons. The maximum atomic E-state index is 4.58. The van der Waals surface area contributed by atoms with Crippen LogP contribution in [-0.2, 0) is 12.8 Å². The minimum atomic E-state index is 0.350. The van der Waals surface area contributed by atoms with E-state index in [0.717, 1.165) is 36.7 Å². The number of thiophene rings is 1. The van der Waals surface area contributed by atoms with Gasteiger partial charge in [-0.1, -0.05) is 13.0 Å². The molecule has 4 nitrogen and oxygen atoms in total. The van der Waals surface area contributed by atoms with Gasteiger partial charge in [-0.2, -0.15) is 0 Å². The number of hydrogen-bond acceptors (Lipinski definition) is 5. The second-order valence-electron chi connectivity index (χ2n) is 4.88. The van der Waals surface area contributed by atoms with Crippen molar-refractivity contribution in [3.05, 3.63) is 34.3 Å². The lowest BCUT2D eigenvalue weighted by Gasteiger charge is -2.15. The molecule has 1 atom stereocenters. The lowest BCUT2D eigenvalue weighted by molar-refractivity contribution is 0.782. The molecule has 2 aromatic rings. The van der Waals surface area contributed by atoms with Crippen molar-refractivity contribution < 1.29 is 0 Å². The summed E-state index contributed by atoms with van der Waals surface area (Å²) in [5.41, 5.74) is 0. The number of nitrogens with zero attached hydrogens (tertiary/aromatic N) is 2. The molecule has 0 spiro atoms. The highest BCUT2D eigenvalue weighted by Crippen LogP contribution is 2.16. The van der Waals surface area contributed by atoms with Crippen molar-refractivity contribution in [2.24, 2.45) is 0 Å². The topological polar surface area (TPSA) is 49.8 Å². The van der Waals surface area contributed by atoms with Gasteiger partial charge in [-0.3, -0.25) is 0 Å². The fraction of sp³-hybridized carbons (Fsp3) is 0.467. The summed E-state index contributed by atoms with van der Waals surface area (Å²) in [6.07, 6.45) is 2.97. The van der Waals surface area contributed by atoms with Gasteiger partial charge in [0.15, 0.2) is 0 Å². The molecule has 5 heteroatoms. The molecule has 0 aliphatic rings. The fourth-order valence-electron chi connectivity index (χ4n) is 2.07. The molecule has 0 aliphatic heterocycles. The van der Waals surface area contributed by atoms with E-state index in [9.17, 15) is 0 Å². The maximum absolute atomic E-state index is 4.58. The minimum absolute atomic E-state index is 0.350. The Balaban J connectivity index is 2.05. The molecule has 2 aromatic heterocycles. The van der Waals surface area contributed by atoms with Crippen LogP contribution < -0.4 is 10.6 Å². The van der Waals surface area contributed by atoms with Crippen molar-refractivity contribution in [1.29, 1.82) is 0 Å². The first-order chi connectivity index (χ1) is 9.71.